The van der Waals surface area contributed by atoms with Gasteiger partial charge in [0, 0.05) is 25.2 Å². The van der Waals surface area contributed by atoms with E-state index < -0.39 is 0 Å². The summed E-state index contributed by atoms with van der Waals surface area (Å²) >= 11 is 0. The number of rotatable bonds is 7. The second-order valence-electron chi connectivity index (χ2n) is 7.05. The van der Waals surface area contributed by atoms with Gasteiger partial charge in [0.2, 0.25) is 0 Å². The molecule has 0 aromatic carbocycles. The third-order valence-corrected chi connectivity index (χ3v) is 5.06. The summed E-state index contributed by atoms with van der Waals surface area (Å²) in [5.41, 5.74) is 6.32. The highest BCUT2D eigenvalue weighted by Crippen LogP contribution is 2.31. The highest BCUT2D eigenvalue weighted by molar-refractivity contribution is 4.89. The Morgan fingerprint density at radius 2 is 1.95 bits per heavy atom. The van der Waals surface area contributed by atoms with Crippen molar-refractivity contribution < 1.29 is 4.74 Å². The molecule has 0 amide bonds. The van der Waals surface area contributed by atoms with E-state index in [4.69, 9.17) is 10.5 Å². The second kappa shape index (κ2) is 7.05. The number of hydrogen-bond acceptors (Lipinski definition) is 3. The van der Waals surface area contributed by atoms with Crippen molar-refractivity contribution in [2.75, 3.05) is 26.8 Å². The summed E-state index contributed by atoms with van der Waals surface area (Å²) in [6.45, 7) is 7.55. The van der Waals surface area contributed by atoms with Crippen LogP contribution >= 0.6 is 0 Å². The molecule has 0 radical (unpaired) electrons. The van der Waals surface area contributed by atoms with Crippen molar-refractivity contribution in [1.29, 1.82) is 0 Å². The van der Waals surface area contributed by atoms with Crippen LogP contribution in [0.15, 0.2) is 0 Å². The number of nitrogens with zero attached hydrogens (tertiary/aromatic N) is 1. The molecule has 3 nitrogen and oxygen atoms in total. The van der Waals surface area contributed by atoms with Crippen LogP contribution in [0.3, 0.4) is 0 Å². The molecule has 2 N–H and O–H groups in total. The molecule has 2 saturated carbocycles. The topological polar surface area (TPSA) is 38.5 Å². The third kappa shape index (κ3) is 4.73. The molecule has 2 rings (SSSR count). The Bertz CT molecular complexity index is 265. The van der Waals surface area contributed by atoms with Crippen LogP contribution in [0.25, 0.3) is 0 Å². The average Bonchev–Trinajstić information content (AvgIpc) is 3.18. The maximum absolute atomic E-state index is 6.32. The zero-order chi connectivity index (χ0) is 13.8. The van der Waals surface area contributed by atoms with E-state index in [1.54, 1.807) is 0 Å². The van der Waals surface area contributed by atoms with Crippen LogP contribution < -0.4 is 5.73 Å². The summed E-state index contributed by atoms with van der Waals surface area (Å²) in [7, 11) is 2.22. The quantitative estimate of drug-likeness (QED) is 0.721. The Labute approximate surface area is 118 Å². The van der Waals surface area contributed by atoms with E-state index >= 15 is 0 Å². The van der Waals surface area contributed by atoms with Crippen LogP contribution in [0.2, 0.25) is 0 Å². The number of hydrogen-bond donors (Lipinski definition) is 1. The monoisotopic (exact) mass is 268 g/mol. The molecule has 3 atom stereocenters. The van der Waals surface area contributed by atoms with E-state index in [2.05, 4.69) is 25.8 Å². The standard InChI is InChI=1S/C16H32N2O/c1-12(2)14-6-7-15(17)16(10-14)18(3)8-9-19-11-13-4-5-13/h12-16H,4-11,17H2,1-3H3. The van der Waals surface area contributed by atoms with Crippen LogP contribution in [0.4, 0.5) is 0 Å². The Balaban J connectivity index is 1.70. The molecule has 0 aliphatic heterocycles. The van der Waals surface area contributed by atoms with Gasteiger partial charge < -0.3 is 10.5 Å². The molecule has 3 heteroatoms. The van der Waals surface area contributed by atoms with E-state index in [0.717, 1.165) is 37.5 Å². The molecule has 2 fully saturated rings. The van der Waals surface area contributed by atoms with E-state index in [-0.39, 0.29) is 0 Å². The highest BCUT2D eigenvalue weighted by Gasteiger charge is 2.32. The van der Waals surface area contributed by atoms with E-state index in [9.17, 15) is 0 Å². The molecule has 112 valence electrons. The smallest absolute Gasteiger partial charge is 0.0593 e. The van der Waals surface area contributed by atoms with Gasteiger partial charge in [0.05, 0.1) is 6.61 Å². The first kappa shape index (κ1) is 15.3. The molecule has 19 heavy (non-hydrogen) atoms. The molecule has 2 aliphatic rings. The molecular formula is C16H32N2O. The first-order chi connectivity index (χ1) is 9.08. The van der Waals surface area contributed by atoms with E-state index in [1.165, 1.54) is 32.1 Å². The van der Waals surface area contributed by atoms with Gasteiger partial charge in [0.25, 0.3) is 0 Å². The molecule has 0 heterocycles. The predicted molar refractivity (Wildman–Crippen MR) is 80.1 cm³/mol. The van der Waals surface area contributed by atoms with Crippen molar-refractivity contribution in [3.63, 3.8) is 0 Å². The summed E-state index contributed by atoms with van der Waals surface area (Å²) < 4.78 is 5.75. The van der Waals surface area contributed by atoms with Gasteiger partial charge in [-0.1, -0.05) is 13.8 Å². The van der Waals surface area contributed by atoms with Crippen molar-refractivity contribution in [1.82, 2.24) is 4.90 Å². The van der Waals surface area contributed by atoms with Gasteiger partial charge in [-0.05, 0) is 56.9 Å². The van der Waals surface area contributed by atoms with Gasteiger partial charge in [-0.3, -0.25) is 4.90 Å². The fourth-order valence-corrected chi connectivity index (χ4v) is 3.22. The number of ether oxygens (including phenoxy) is 1. The van der Waals surface area contributed by atoms with Gasteiger partial charge >= 0.3 is 0 Å². The molecule has 3 unspecified atom stereocenters. The molecular weight excluding hydrogens is 236 g/mol. The molecule has 0 aromatic rings. The van der Waals surface area contributed by atoms with E-state index in [0.29, 0.717) is 12.1 Å². The zero-order valence-corrected chi connectivity index (χ0v) is 13.0. The van der Waals surface area contributed by atoms with Crippen molar-refractivity contribution in [3.8, 4) is 0 Å². The van der Waals surface area contributed by atoms with Crippen molar-refractivity contribution >= 4 is 0 Å². The van der Waals surface area contributed by atoms with Crippen molar-refractivity contribution in [3.05, 3.63) is 0 Å². The third-order valence-electron chi connectivity index (χ3n) is 5.06. The van der Waals surface area contributed by atoms with Gasteiger partial charge in [0.1, 0.15) is 0 Å². The normalized spacial score (nSPS) is 32.2. The van der Waals surface area contributed by atoms with Gasteiger partial charge in [-0.2, -0.15) is 0 Å². The first-order valence-electron chi connectivity index (χ1n) is 8.11. The lowest BCUT2D eigenvalue weighted by atomic mass is 9.77. The number of likely N-dealkylation sites (N-methyl/N-ethyl adjacent to an activating group) is 1. The Hall–Kier alpha value is -0.120. The van der Waals surface area contributed by atoms with Crippen LogP contribution in [-0.2, 0) is 4.74 Å². The lowest BCUT2D eigenvalue weighted by Crippen LogP contribution is -2.51. The minimum atomic E-state index is 0.350. The second-order valence-corrected chi connectivity index (χ2v) is 7.05. The molecule has 0 spiro atoms. The summed E-state index contributed by atoms with van der Waals surface area (Å²) in [6.07, 6.45) is 6.50. The maximum atomic E-state index is 6.32. The summed E-state index contributed by atoms with van der Waals surface area (Å²) in [6, 6.07) is 0.897. The maximum Gasteiger partial charge on any atom is 0.0593 e. The largest absolute Gasteiger partial charge is 0.380 e. The fraction of sp³-hybridized carbons (Fsp3) is 1.00. The molecule has 0 aromatic heterocycles. The first-order valence-corrected chi connectivity index (χ1v) is 8.11. The minimum absolute atomic E-state index is 0.350. The van der Waals surface area contributed by atoms with Crippen LogP contribution in [0.5, 0.6) is 0 Å². The van der Waals surface area contributed by atoms with Crippen LogP contribution in [-0.4, -0.2) is 43.8 Å². The van der Waals surface area contributed by atoms with Crippen molar-refractivity contribution in [2.24, 2.45) is 23.5 Å². The molecule has 0 bridgehead atoms. The average molecular weight is 268 g/mol. The lowest BCUT2D eigenvalue weighted by molar-refractivity contribution is 0.0655. The fourth-order valence-electron chi connectivity index (χ4n) is 3.22. The zero-order valence-electron chi connectivity index (χ0n) is 13.0. The Morgan fingerprint density at radius 1 is 1.21 bits per heavy atom. The van der Waals surface area contributed by atoms with Gasteiger partial charge in [-0.25, -0.2) is 0 Å². The number of nitrogens with two attached hydrogens (primary N) is 1. The Morgan fingerprint density at radius 3 is 2.58 bits per heavy atom. The molecule has 2 aliphatic carbocycles. The Kier molecular flexibility index (Phi) is 5.67. The summed E-state index contributed by atoms with van der Waals surface area (Å²) in [5, 5.41) is 0. The lowest BCUT2D eigenvalue weighted by Gasteiger charge is -2.41. The minimum Gasteiger partial charge on any atom is -0.380 e. The highest BCUT2D eigenvalue weighted by atomic mass is 16.5. The van der Waals surface area contributed by atoms with Crippen LogP contribution in [0.1, 0.15) is 46.0 Å². The summed E-state index contributed by atoms with van der Waals surface area (Å²) in [5.74, 6) is 2.50. The van der Waals surface area contributed by atoms with Gasteiger partial charge in [0.15, 0.2) is 0 Å². The molecule has 0 saturated heterocycles. The predicted octanol–water partition coefficient (Wildman–Crippen LogP) is 2.50. The van der Waals surface area contributed by atoms with Crippen molar-refractivity contribution in [2.45, 2.75) is 58.0 Å². The van der Waals surface area contributed by atoms with Gasteiger partial charge in [-0.15, -0.1) is 0 Å². The van der Waals surface area contributed by atoms with Crippen LogP contribution in [0, 0.1) is 17.8 Å². The van der Waals surface area contributed by atoms with E-state index in [1.807, 2.05) is 0 Å². The summed E-state index contributed by atoms with van der Waals surface area (Å²) in [4.78, 5) is 2.44. The SMILES string of the molecule is CC(C)C1CCC(N)C(N(C)CCOCC2CC2)C1.